The average molecular weight is 346 g/mol. The molecule has 0 saturated carbocycles. The number of rotatable bonds is 7. The Kier molecular flexibility index (Phi) is 7.21. The molecule has 0 fully saturated rings. The highest BCUT2D eigenvalue weighted by atomic mass is 32.2. The third-order valence-corrected chi connectivity index (χ3v) is 5.07. The van der Waals surface area contributed by atoms with E-state index in [1.54, 1.807) is 24.3 Å². The molecule has 0 bridgehead atoms. The van der Waals surface area contributed by atoms with Crippen LogP contribution in [0.3, 0.4) is 0 Å². The molecule has 1 aromatic carbocycles. The van der Waals surface area contributed by atoms with Gasteiger partial charge in [0.15, 0.2) is 5.11 Å². The zero-order valence-corrected chi connectivity index (χ0v) is 15.1. The molecule has 6 nitrogen and oxygen atoms in total. The minimum Gasteiger partial charge on any atom is -0.362 e. The normalized spacial score (nSPS) is 11.7. The zero-order valence-electron chi connectivity index (χ0n) is 13.5. The Morgan fingerprint density at radius 2 is 2.00 bits per heavy atom. The lowest BCUT2D eigenvalue weighted by atomic mass is 10.3. The summed E-state index contributed by atoms with van der Waals surface area (Å²) in [5.74, 6) is 0. The van der Waals surface area contributed by atoms with E-state index in [0.29, 0.717) is 10.8 Å². The fourth-order valence-corrected chi connectivity index (χ4v) is 2.93. The molecule has 8 heteroatoms. The predicted octanol–water partition coefficient (Wildman–Crippen LogP) is -0.242. The van der Waals surface area contributed by atoms with E-state index in [4.69, 9.17) is 12.2 Å². The van der Waals surface area contributed by atoms with Crippen molar-refractivity contribution in [1.82, 2.24) is 9.62 Å². The van der Waals surface area contributed by atoms with Crippen LogP contribution in [0.15, 0.2) is 29.2 Å². The number of anilines is 1. The van der Waals surface area contributed by atoms with Crippen LogP contribution in [0.1, 0.15) is 6.42 Å². The lowest BCUT2D eigenvalue weighted by Crippen LogP contribution is -3.05. The average Bonchev–Trinajstić information content (AvgIpc) is 2.43. The topological polar surface area (TPSA) is 65.9 Å². The summed E-state index contributed by atoms with van der Waals surface area (Å²) in [6, 6.07) is 6.62. The second-order valence-electron chi connectivity index (χ2n) is 5.51. The number of hydrogen-bond donors (Lipinski definition) is 3. The van der Waals surface area contributed by atoms with Gasteiger partial charge in [0.25, 0.3) is 0 Å². The van der Waals surface area contributed by atoms with E-state index in [1.807, 2.05) is 0 Å². The molecule has 0 amide bonds. The van der Waals surface area contributed by atoms with E-state index >= 15 is 0 Å². The Morgan fingerprint density at radius 1 is 1.32 bits per heavy atom. The summed E-state index contributed by atoms with van der Waals surface area (Å²) in [5.41, 5.74) is 0.652. The number of sulfonamides is 1. The molecule has 22 heavy (non-hydrogen) atoms. The maximum absolute atomic E-state index is 12.1. The molecular formula is C14H25N4O2S2+. The third-order valence-electron chi connectivity index (χ3n) is 3.01. The van der Waals surface area contributed by atoms with Gasteiger partial charge in [0.2, 0.25) is 10.0 Å². The van der Waals surface area contributed by atoms with Crippen molar-refractivity contribution in [3.63, 3.8) is 0 Å². The minimum atomic E-state index is -3.44. The minimum absolute atomic E-state index is 0.238. The molecule has 0 aromatic heterocycles. The SMILES string of the molecule is CN(C)S(=O)(=O)c1cccc(NC(=S)NCCC[NH+](C)C)c1. The van der Waals surface area contributed by atoms with Crippen molar-refractivity contribution >= 4 is 33.0 Å². The van der Waals surface area contributed by atoms with Gasteiger partial charge in [0.1, 0.15) is 0 Å². The predicted molar refractivity (Wildman–Crippen MR) is 93.8 cm³/mol. The van der Waals surface area contributed by atoms with E-state index in [-0.39, 0.29) is 4.90 Å². The standard InChI is InChI=1S/C14H24N4O2S2/c1-17(2)10-6-9-15-14(21)16-12-7-5-8-13(11-12)22(19,20)18(3)4/h5,7-8,11H,6,9-10H2,1-4H3,(H2,15,16,21)/p+1. The van der Waals surface area contributed by atoms with E-state index in [9.17, 15) is 8.42 Å². The van der Waals surface area contributed by atoms with Gasteiger partial charge in [-0.15, -0.1) is 0 Å². The fourth-order valence-electron chi connectivity index (χ4n) is 1.76. The van der Waals surface area contributed by atoms with Crippen LogP contribution in [0.4, 0.5) is 5.69 Å². The summed E-state index contributed by atoms with van der Waals surface area (Å²) >= 11 is 5.21. The molecule has 0 heterocycles. The quantitative estimate of drug-likeness (QED) is 0.470. The van der Waals surface area contributed by atoms with Crippen LogP contribution >= 0.6 is 12.2 Å². The highest BCUT2D eigenvalue weighted by Crippen LogP contribution is 2.17. The fraction of sp³-hybridized carbons (Fsp3) is 0.500. The van der Waals surface area contributed by atoms with Crippen molar-refractivity contribution < 1.29 is 13.3 Å². The van der Waals surface area contributed by atoms with Gasteiger partial charge in [0, 0.05) is 32.7 Å². The van der Waals surface area contributed by atoms with Crippen LogP contribution < -0.4 is 15.5 Å². The molecule has 0 saturated heterocycles. The second kappa shape index (κ2) is 8.42. The van der Waals surface area contributed by atoms with E-state index in [1.165, 1.54) is 23.3 Å². The molecule has 0 radical (unpaired) electrons. The number of hydrogen-bond acceptors (Lipinski definition) is 3. The van der Waals surface area contributed by atoms with Crippen LogP contribution in [-0.2, 0) is 10.0 Å². The first kappa shape index (κ1) is 18.8. The van der Waals surface area contributed by atoms with Crippen LogP contribution in [0.5, 0.6) is 0 Å². The van der Waals surface area contributed by atoms with E-state index in [2.05, 4.69) is 24.7 Å². The maximum atomic E-state index is 12.1. The molecule has 0 unspecified atom stereocenters. The zero-order chi connectivity index (χ0) is 16.8. The smallest absolute Gasteiger partial charge is 0.242 e. The Hall–Kier alpha value is -1.22. The highest BCUT2D eigenvalue weighted by Gasteiger charge is 2.17. The number of nitrogens with zero attached hydrogens (tertiary/aromatic N) is 1. The maximum Gasteiger partial charge on any atom is 0.242 e. The van der Waals surface area contributed by atoms with Crippen molar-refractivity contribution in [2.45, 2.75) is 11.3 Å². The van der Waals surface area contributed by atoms with Gasteiger partial charge in [-0.3, -0.25) is 0 Å². The summed E-state index contributed by atoms with van der Waals surface area (Å²) in [7, 11) is 3.79. The molecule has 0 aliphatic heterocycles. The van der Waals surface area contributed by atoms with Crippen molar-refractivity contribution in [2.75, 3.05) is 46.6 Å². The first-order chi connectivity index (χ1) is 10.2. The van der Waals surface area contributed by atoms with Gasteiger partial charge in [-0.1, -0.05) is 6.07 Å². The third kappa shape index (κ3) is 5.88. The van der Waals surface area contributed by atoms with E-state index < -0.39 is 10.0 Å². The Morgan fingerprint density at radius 3 is 2.59 bits per heavy atom. The lowest BCUT2D eigenvalue weighted by molar-refractivity contribution is -0.858. The van der Waals surface area contributed by atoms with Gasteiger partial charge < -0.3 is 15.5 Å². The molecule has 3 N–H and O–H groups in total. The molecular weight excluding hydrogens is 320 g/mol. The molecule has 0 aliphatic carbocycles. The second-order valence-corrected chi connectivity index (χ2v) is 8.07. The monoisotopic (exact) mass is 345 g/mol. The molecule has 0 atom stereocenters. The first-order valence-corrected chi connectivity index (χ1v) is 8.95. The number of thiocarbonyl (C=S) groups is 1. The summed E-state index contributed by atoms with van der Waals surface area (Å²) in [4.78, 5) is 1.63. The summed E-state index contributed by atoms with van der Waals surface area (Å²) in [6.45, 7) is 1.85. The Bertz CT molecular complexity index is 601. The van der Waals surface area contributed by atoms with Gasteiger partial charge >= 0.3 is 0 Å². The van der Waals surface area contributed by atoms with Gasteiger partial charge in [-0.2, -0.15) is 0 Å². The van der Waals surface area contributed by atoms with Gasteiger partial charge in [0.05, 0.1) is 25.5 Å². The highest BCUT2D eigenvalue weighted by molar-refractivity contribution is 7.89. The number of quaternary nitrogens is 1. The van der Waals surface area contributed by atoms with Crippen LogP contribution in [0.25, 0.3) is 0 Å². The van der Waals surface area contributed by atoms with Crippen molar-refractivity contribution in [1.29, 1.82) is 0 Å². The number of nitrogens with one attached hydrogen (secondary N) is 3. The molecule has 1 aromatic rings. The molecule has 0 spiro atoms. The summed E-state index contributed by atoms with van der Waals surface area (Å²) < 4.78 is 25.4. The lowest BCUT2D eigenvalue weighted by Gasteiger charge is -2.14. The molecule has 1 rings (SSSR count). The van der Waals surface area contributed by atoms with Crippen LogP contribution in [-0.4, -0.2) is 59.1 Å². The van der Waals surface area contributed by atoms with Crippen LogP contribution in [0.2, 0.25) is 0 Å². The largest absolute Gasteiger partial charge is 0.362 e. The molecule has 0 aliphatic rings. The van der Waals surface area contributed by atoms with Gasteiger partial charge in [-0.25, -0.2) is 12.7 Å². The molecule has 124 valence electrons. The Labute approximate surface area is 138 Å². The first-order valence-electron chi connectivity index (χ1n) is 7.10. The van der Waals surface area contributed by atoms with Crippen LogP contribution in [0, 0.1) is 0 Å². The summed E-state index contributed by atoms with van der Waals surface area (Å²) in [6.07, 6.45) is 1.01. The summed E-state index contributed by atoms with van der Waals surface area (Å²) in [5, 5.41) is 6.62. The van der Waals surface area contributed by atoms with Crippen molar-refractivity contribution in [3.05, 3.63) is 24.3 Å². The van der Waals surface area contributed by atoms with Crippen molar-refractivity contribution in [3.8, 4) is 0 Å². The van der Waals surface area contributed by atoms with Gasteiger partial charge in [-0.05, 0) is 30.4 Å². The number of benzene rings is 1. The van der Waals surface area contributed by atoms with E-state index in [0.717, 1.165) is 19.5 Å². The Balaban J connectivity index is 2.62. The van der Waals surface area contributed by atoms with Crippen molar-refractivity contribution in [2.24, 2.45) is 0 Å².